The Morgan fingerprint density at radius 2 is 1.90 bits per heavy atom. The van der Waals surface area contributed by atoms with Gasteiger partial charge in [0.05, 0.1) is 13.2 Å². The molecule has 0 saturated carbocycles. The van der Waals surface area contributed by atoms with E-state index in [1.807, 2.05) is 45.9 Å². The summed E-state index contributed by atoms with van der Waals surface area (Å²) in [6, 6.07) is 6.10. The average molecular weight is 293 g/mol. The molecular weight excluding hydrogens is 266 g/mol. The Kier molecular flexibility index (Phi) is 6.69. The molecule has 4 nitrogen and oxygen atoms in total. The van der Waals surface area contributed by atoms with Crippen LogP contribution in [0.15, 0.2) is 18.2 Å². The van der Waals surface area contributed by atoms with E-state index in [2.05, 4.69) is 5.32 Å². The van der Waals surface area contributed by atoms with Crippen molar-refractivity contribution in [2.45, 2.75) is 46.1 Å². The van der Waals surface area contributed by atoms with Gasteiger partial charge in [-0.2, -0.15) is 0 Å². The van der Waals surface area contributed by atoms with Gasteiger partial charge < -0.3 is 14.8 Å². The van der Waals surface area contributed by atoms with Crippen LogP contribution in [0.1, 0.15) is 37.8 Å². The molecule has 118 valence electrons. The number of ether oxygens (including phenoxy) is 2. The minimum absolute atomic E-state index is 0.209. The molecule has 0 aliphatic rings. The number of para-hydroxylation sites is 1. The summed E-state index contributed by atoms with van der Waals surface area (Å²) in [4.78, 5) is 11.9. The molecule has 21 heavy (non-hydrogen) atoms. The number of carbonyl (C=O) groups is 1. The van der Waals surface area contributed by atoms with Crippen molar-refractivity contribution in [1.29, 1.82) is 0 Å². The Balaban J connectivity index is 2.51. The minimum Gasteiger partial charge on any atom is -0.493 e. The van der Waals surface area contributed by atoms with Crippen LogP contribution in [0, 0.1) is 13.8 Å². The van der Waals surface area contributed by atoms with Crippen molar-refractivity contribution < 1.29 is 14.3 Å². The number of nitrogens with one attached hydrogen (secondary N) is 1. The lowest BCUT2D eigenvalue weighted by molar-refractivity contribution is -0.150. The Bertz CT molecular complexity index is 453. The van der Waals surface area contributed by atoms with E-state index >= 15 is 0 Å². The highest BCUT2D eigenvalue weighted by molar-refractivity contribution is 5.80. The summed E-state index contributed by atoms with van der Waals surface area (Å²) in [5, 5.41) is 3.05. The highest BCUT2D eigenvalue weighted by atomic mass is 16.5. The zero-order valence-corrected chi connectivity index (χ0v) is 13.8. The van der Waals surface area contributed by atoms with Gasteiger partial charge in [-0.3, -0.25) is 4.79 Å². The number of esters is 1. The van der Waals surface area contributed by atoms with Crippen LogP contribution in [0.3, 0.4) is 0 Å². The molecule has 0 saturated heterocycles. The second-order valence-corrected chi connectivity index (χ2v) is 5.48. The van der Waals surface area contributed by atoms with Gasteiger partial charge in [-0.25, -0.2) is 0 Å². The zero-order chi connectivity index (χ0) is 15.9. The number of hydrogen-bond acceptors (Lipinski definition) is 4. The van der Waals surface area contributed by atoms with Gasteiger partial charge in [-0.15, -0.1) is 0 Å². The van der Waals surface area contributed by atoms with E-state index in [1.165, 1.54) is 0 Å². The summed E-state index contributed by atoms with van der Waals surface area (Å²) < 4.78 is 11.0. The highest BCUT2D eigenvalue weighted by Crippen LogP contribution is 2.23. The molecule has 0 aromatic heterocycles. The summed E-state index contributed by atoms with van der Waals surface area (Å²) in [6.45, 7) is 8.75. The van der Waals surface area contributed by atoms with Gasteiger partial charge in [-0.1, -0.05) is 18.2 Å². The van der Waals surface area contributed by atoms with Gasteiger partial charge in [0.15, 0.2) is 0 Å². The number of aryl methyl sites for hydroxylation is 2. The molecule has 1 N–H and O–H groups in total. The second-order valence-electron chi connectivity index (χ2n) is 5.48. The first-order chi connectivity index (χ1) is 9.94. The van der Waals surface area contributed by atoms with Gasteiger partial charge in [0, 0.05) is 0 Å². The molecule has 0 aliphatic carbocycles. The maximum Gasteiger partial charge on any atom is 0.326 e. The Morgan fingerprint density at radius 1 is 1.29 bits per heavy atom. The van der Waals surface area contributed by atoms with Gasteiger partial charge >= 0.3 is 5.97 Å². The largest absolute Gasteiger partial charge is 0.493 e. The number of benzene rings is 1. The molecule has 0 fully saturated rings. The Morgan fingerprint density at radius 3 is 2.43 bits per heavy atom. The van der Waals surface area contributed by atoms with E-state index in [-0.39, 0.29) is 5.97 Å². The Hall–Kier alpha value is -1.55. The van der Waals surface area contributed by atoms with Crippen molar-refractivity contribution in [2.24, 2.45) is 0 Å². The maximum atomic E-state index is 11.9. The molecule has 4 heteroatoms. The van der Waals surface area contributed by atoms with Crippen molar-refractivity contribution in [3.8, 4) is 5.75 Å². The number of rotatable bonds is 8. The van der Waals surface area contributed by atoms with Gasteiger partial charge in [0.2, 0.25) is 0 Å². The van der Waals surface area contributed by atoms with Crippen molar-refractivity contribution in [2.75, 3.05) is 20.3 Å². The third-order valence-electron chi connectivity index (χ3n) is 3.75. The molecule has 1 aromatic carbocycles. The van der Waals surface area contributed by atoms with E-state index in [9.17, 15) is 4.79 Å². The van der Waals surface area contributed by atoms with Gasteiger partial charge in [-0.05, 0) is 58.7 Å². The summed E-state index contributed by atoms with van der Waals surface area (Å²) in [5.41, 5.74) is 1.62. The molecular formula is C17H27NO3. The summed E-state index contributed by atoms with van der Waals surface area (Å²) in [5.74, 6) is 0.736. The lowest BCUT2D eigenvalue weighted by atomic mass is 9.96. The number of likely N-dealkylation sites (N-methyl/N-ethyl adjacent to an activating group) is 1. The van der Waals surface area contributed by atoms with Crippen molar-refractivity contribution in [3.05, 3.63) is 29.3 Å². The zero-order valence-electron chi connectivity index (χ0n) is 13.8. The summed E-state index contributed by atoms with van der Waals surface area (Å²) >= 11 is 0. The molecule has 0 amide bonds. The van der Waals surface area contributed by atoms with Gasteiger partial charge in [0.25, 0.3) is 0 Å². The van der Waals surface area contributed by atoms with Gasteiger partial charge in [0.1, 0.15) is 11.3 Å². The third-order valence-corrected chi connectivity index (χ3v) is 3.75. The summed E-state index contributed by atoms with van der Waals surface area (Å²) in [6.07, 6.45) is 1.46. The van der Waals surface area contributed by atoms with E-state index < -0.39 is 5.54 Å². The van der Waals surface area contributed by atoms with Crippen LogP contribution in [0.25, 0.3) is 0 Å². The summed E-state index contributed by atoms with van der Waals surface area (Å²) in [7, 11) is 1.78. The predicted octanol–water partition coefficient (Wildman–Crippen LogP) is 3.00. The molecule has 0 heterocycles. The monoisotopic (exact) mass is 293 g/mol. The van der Waals surface area contributed by atoms with E-state index in [0.717, 1.165) is 23.3 Å². The second kappa shape index (κ2) is 8.03. The standard InChI is InChI=1S/C17H27NO3/c1-6-20-16(19)17(4,18-5)11-8-12-21-15-13(2)9-7-10-14(15)3/h7,9-10,18H,6,8,11-12H2,1-5H3. The molecule has 1 rings (SSSR count). The first-order valence-corrected chi connectivity index (χ1v) is 7.49. The van der Waals surface area contributed by atoms with Crippen LogP contribution >= 0.6 is 0 Å². The van der Waals surface area contributed by atoms with Crippen LogP contribution in [0.5, 0.6) is 5.75 Å². The fourth-order valence-electron chi connectivity index (χ4n) is 2.25. The van der Waals surface area contributed by atoms with Crippen LogP contribution in [0.4, 0.5) is 0 Å². The van der Waals surface area contributed by atoms with Crippen molar-refractivity contribution in [1.82, 2.24) is 5.32 Å². The molecule has 1 unspecified atom stereocenters. The first-order valence-electron chi connectivity index (χ1n) is 7.49. The fourth-order valence-corrected chi connectivity index (χ4v) is 2.25. The lowest BCUT2D eigenvalue weighted by Crippen LogP contribution is -2.48. The molecule has 1 aromatic rings. The lowest BCUT2D eigenvalue weighted by Gasteiger charge is -2.26. The van der Waals surface area contributed by atoms with E-state index in [4.69, 9.17) is 9.47 Å². The third kappa shape index (κ3) is 4.74. The van der Waals surface area contributed by atoms with Crippen LogP contribution < -0.4 is 10.1 Å². The van der Waals surface area contributed by atoms with Crippen LogP contribution in [-0.4, -0.2) is 31.8 Å². The predicted molar refractivity (Wildman–Crippen MR) is 84.7 cm³/mol. The fraction of sp³-hybridized carbons (Fsp3) is 0.588. The maximum absolute atomic E-state index is 11.9. The highest BCUT2D eigenvalue weighted by Gasteiger charge is 2.32. The van der Waals surface area contributed by atoms with E-state index in [1.54, 1.807) is 7.05 Å². The molecule has 0 spiro atoms. The molecule has 1 atom stereocenters. The van der Waals surface area contributed by atoms with Crippen LogP contribution in [-0.2, 0) is 9.53 Å². The number of carbonyl (C=O) groups excluding carboxylic acids is 1. The number of hydrogen-bond donors (Lipinski definition) is 1. The quantitative estimate of drug-likeness (QED) is 0.591. The minimum atomic E-state index is -0.653. The van der Waals surface area contributed by atoms with Crippen molar-refractivity contribution >= 4 is 5.97 Å². The topological polar surface area (TPSA) is 47.6 Å². The van der Waals surface area contributed by atoms with E-state index in [0.29, 0.717) is 19.6 Å². The SMILES string of the molecule is CCOC(=O)C(C)(CCCOc1c(C)cccc1C)NC. The van der Waals surface area contributed by atoms with Crippen LogP contribution in [0.2, 0.25) is 0 Å². The Labute approximate surface area is 127 Å². The first kappa shape index (κ1) is 17.5. The molecule has 0 radical (unpaired) electrons. The normalized spacial score (nSPS) is 13.6. The molecule has 0 aliphatic heterocycles. The molecule has 0 bridgehead atoms. The smallest absolute Gasteiger partial charge is 0.326 e. The average Bonchev–Trinajstić information content (AvgIpc) is 2.46. The van der Waals surface area contributed by atoms with Crippen molar-refractivity contribution in [3.63, 3.8) is 0 Å².